The van der Waals surface area contributed by atoms with Crippen LogP contribution in [0.4, 0.5) is 0 Å². The van der Waals surface area contributed by atoms with Gasteiger partial charge in [-0.15, -0.1) is 0 Å². The average Bonchev–Trinajstić information content (AvgIpc) is 2.03. The van der Waals surface area contributed by atoms with Gasteiger partial charge in [-0.25, -0.2) is 0 Å². The first-order valence-electron chi connectivity index (χ1n) is 5.20. The van der Waals surface area contributed by atoms with Crippen LogP contribution >= 0.6 is 0 Å². The summed E-state index contributed by atoms with van der Waals surface area (Å²) in [5, 5.41) is 0.261. The van der Waals surface area contributed by atoms with Crippen LogP contribution in [0.1, 0.15) is 46.5 Å². The van der Waals surface area contributed by atoms with Crippen molar-refractivity contribution in [2.24, 2.45) is 5.73 Å². The van der Waals surface area contributed by atoms with Crippen molar-refractivity contribution >= 4 is 10.8 Å². The van der Waals surface area contributed by atoms with Crippen LogP contribution in [0.15, 0.2) is 0 Å². The zero-order valence-corrected chi connectivity index (χ0v) is 9.90. The highest BCUT2D eigenvalue weighted by molar-refractivity contribution is 7.85. The third kappa shape index (κ3) is 7.20. The molecule has 0 saturated carbocycles. The molecule has 0 heterocycles. The molecule has 3 unspecified atom stereocenters. The van der Waals surface area contributed by atoms with Crippen molar-refractivity contribution in [3.05, 3.63) is 0 Å². The van der Waals surface area contributed by atoms with E-state index < -0.39 is 10.8 Å². The number of hydrogen-bond donors (Lipinski definition) is 1. The van der Waals surface area contributed by atoms with E-state index in [4.69, 9.17) is 5.73 Å². The van der Waals surface area contributed by atoms with Crippen LogP contribution in [0.2, 0.25) is 0 Å². The Hall–Kier alpha value is 0.110. The van der Waals surface area contributed by atoms with E-state index in [9.17, 15) is 4.21 Å². The van der Waals surface area contributed by atoms with Crippen molar-refractivity contribution in [1.82, 2.24) is 0 Å². The Balaban J connectivity index is 3.57. The molecule has 0 saturated heterocycles. The van der Waals surface area contributed by atoms with E-state index in [0.29, 0.717) is 0 Å². The molecule has 0 aromatic heterocycles. The second kappa shape index (κ2) is 7.51. The van der Waals surface area contributed by atoms with E-state index in [1.165, 1.54) is 12.8 Å². The van der Waals surface area contributed by atoms with Gasteiger partial charge in [0.05, 0.1) is 0 Å². The Morgan fingerprint density at radius 1 is 1.31 bits per heavy atom. The molecule has 0 aromatic carbocycles. The van der Waals surface area contributed by atoms with Crippen molar-refractivity contribution in [2.45, 2.75) is 57.7 Å². The normalized spacial score (nSPS) is 18.2. The van der Waals surface area contributed by atoms with Crippen LogP contribution in [0.3, 0.4) is 0 Å². The van der Waals surface area contributed by atoms with Gasteiger partial charge in [-0.1, -0.05) is 26.7 Å². The molecule has 0 aromatic rings. The first kappa shape index (κ1) is 13.1. The SMILES string of the molecule is CCCCCS(=O)C(C)CC(C)N. The van der Waals surface area contributed by atoms with Crippen molar-refractivity contribution in [3.8, 4) is 0 Å². The summed E-state index contributed by atoms with van der Waals surface area (Å²) in [6.45, 7) is 6.17. The predicted molar refractivity (Wildman–Crippen MR) is 60.3 cm³/mol. The molecule has 2 nitrogen and oxygen atoms in total. The molecule has 0 bridgehead atoms. The lowest BCUT2D eigenvalue weighted by Gasteiger charge is -2.13. The summed E-state index contributed by atoms with van der Waals surface area (Å²) in [7, 11) is -0.667. The number of unbranched alkanes of at least 4 members (excludes halogenated alkanes) is 2. The Labute approximate surface area is 84.7 Å². The molecule has 0 spiro atoms. The average molecular weight is 205 g/mol. The zero-order valence-electron chi connectivity index (χ0n) is 9.08. The largest absolute Gasteiger partial charge is 0.328 e. The highest BCUT2D eigenvalue weighted by Gasteiger charge is 2.11. The molecule has 0 aliphatic heterocycles. The summed E-state index contributed by atoms with van der Waals surface area (Å²) >= 11 is 0. The van der Waals surface area contributed by atoms with Gasteiger partial charge < -0.3 is 5.73 Å². The molecule has 13 heavy (non-hydrogen) atoms. The van der Waals surface area contributed by atoms with E-state index in [-0.39, 0.29) is 11.3 Å². The van der Waals surface area contributed by atoms with Crippen LogP contribution in [-0.2, 0) is 10.8 Å². The fourth-order valence-corrected chi connectivity index (χ4v) is 2.74. The molecule has 3 atom stereocenters. The lowest BCUT2D eigenvalue weighted by molar-refractivity contribution is 0.625. The molecule has 0 fully saturated rings. The van der Waals surface area contributed by atoms with Gasteiger partial charge >= 0.3 is 0 Å². The summed E-state index contributed by atoms with van der Waals surface area (Å²) in [4.78, 5) is 0. The van der Waals surface area contributed by atoms with Gasteiger partial charge in [0.1, 0.15) is 0 Å². The third-order valence-corrected chi connectivity index (χ3v) is 3.88. The second-order valence-corrected chi connectivity index (χ2v) is 5.79. The van der Waals surface area contributed by atoms with Gasteiger partial charge in [0.25, 0.3) is 0 Å². The molecule has 0 radical (unpaired) electrons. The van der Waals surface area contributed by atoms with Crippen molar-refractivity contribution in [2.75, 3.05) is 5.75 Å². The molecule has 0 aliphatic carbocycles. The predicted octanol–water partition coefficient (Wildman–Crippen LogP) is 2.05. The summed E-state index contributed by atoms with van der Waals surface area (Å²) in [6, 6.07) is 0.171. The molecule has 0 amide bonds. The minimum atomic E-state index is -0.667. The summed E-state index contributed by atoms with van der Waals surface area (Å²) in [6.07, 6.45) is 4.35. The Kier molecular flexibility index (Phi) is 7.57. The fraction of sp³-hybridized carbons (Fsp3) is 1.00. The highest BCUT2D eigenvalue weighted by atomic mass is 32.2. The van der Waals surface area contributed by atoms with E-state index >= 15 is 0 Å². The van der Waals surface area contributed by atoms with Crippen LogP contribution in [0.25, 0.3) is 0 Å². The van der Waals surface area contributed by atoms with E-state index in [1.54, 1.807) is 0 Å². The number of nitrogens with two attached hydrogens (primary N) is 1. The maximum Gasteiger partial charge on any atom is 0.0334 e. The van der Waals surface area contributed by atoms with Crippen LogP contribution in [0, 0.1) is 0 Å². The lowest BCUT2D eigenvalue weighted by atomic mass is 10.2. The highest BCUT2D eigenvalue weighted by Crippen LogP contribution is 2.06. The minimum Gasteiger partial charge on any atom is -0.328 e. The zero-order chi connectivity index (χ0) is 10.3. The molecular weight excluding hydrogens is 182 g/mol. The summed E-state index contributed by atoms with van der Waals surface area (Å²) in [5.74, 6) is 0.849. The van der Waals surface area contributed by atoms with Crippen LogP contribution in [0.5, 0.6) is 0 Å². The van der Waals surface area contributed by atoms with E-state index in [1.807, 2.05) is 13.8 Å². The van der Waals surface area contributed by atoms with Crippen LogP contribution in [-0.4, -0.2) is 21.3 Å². The maximum absolute atomic E-state index is 11.6. The molecule has 0 rings (SSSR count). The van der Waals surface area contributed by atoms with Gasteiger partial charge in [0, 0.05) is 27.8 Å². The first-order chi connectivity index (χ1) is 6.07. The Morgan fingerprint density at radius 2 is 1.92 bits per heavy atom. The molecule has 80 valence electrons. The Morgan fingerprint density at radius 3 is 2.38 bits per heavy atom. The van der Waals surface area contributed by atoms with Gasteiger partial charge in [-0.3, -0.25) is 4.21 Å². The van der Waals surface area contributed by atoms with Gasteiger partial charge in [0.15, 0.2) is 0 Å². The Bertz CT molecular complexity index is 148. The molecule has 0 aliphatic rings. The quantitative estimate of drug-likeness (QED) is 0.646. The first-order valence-corrected chi connectivity index (χ1v) is 6.58. The van der Waals surface area contributed by atoms with Gasteiger partial charge in [-0.2, -0.15) is 0 Å². The van der Waals surface area contributed by atoms with E-state index in [0.717, 1.165) is 18.6 Å². The standard InChI is InChI=1S/C10H23NOS/c1-4-5-6-7-13(12)10(3)8-9(2)11/h9-10H,4-8,11H2,1-3H3. The topological polar surface area (TPSA) is 43.1 Å². The fourth-order valence-electron chi connectivity index (χ4n) is 1.33. The van der Waals surface area contributed by atoms with Gasteiger partial charge in [-0.05, 0) is 19.8 Å². The molecular formula is C10H23NOS. The minimum absolute atomic E-state index is 0.171. The lowest BCUT2D eigenvalue weighted by Crippen LogP contribution is -2.25. The maximum atomic E-state index is 11.6. The number of rotatable bonds is 7. The second-order valence-electron chi connectivity index (χ2n) is 3.82. The van der Waals surface area contributed by atoms with Crippen molar-refractivity contribution in [1.29, 1.82) is 0 Å². The van der Waals surface area contributed by atoms with Crippen molar-refractivity contribution < 1.29 is 4.21 Å². The van der Waals surface area contributed by atoms with Gasteiger partial charge in [0.2, 0.25) is 0 Å². The van der Waals surface area contributed by atoms with E-state index in [2.05, 4.69) is 6.92 Å². The monoisotopic (exact) mass is 205 g/mol. The smallest absolute Gasteiger partial charge is 0.0334 e. The summed E-state index contributed by atoms with van der Waals surface area (Å²) < 4.78 is 11.6. The third-order valence-electron chi connectivity index (χ3n) is 2.10. The molecule has 2 N–H and O–H groups in total. The summed E-state index contributed by atoms with van der Waals surface area (Å²) in [5.41, 5.74) is 5.65. The number of hydrogen-bond acceptors (Lipinski definition) is 2. The van der Waals surface area contributed by atoms with Crippen molar-refractivity contribution in [3.63, 3.8) is 0 Å². The van der Waals surface area contributed by atoms with Crippen LogP contribution < -0.4 is 5.73 Å². The molecule has 3 heteroatoms.